The predicted octanol–water partition coefficient (Wildman–Crippen LogP) is 2.05. The van der Waals surface area contributed by atoms with Crippen LogP contribution in [-0.4, -0.2) is 30.4 Å². The van der Waals surface area contributed by atoms with Crippen LogP contribution in [0.25, 0.3) is 0 Å². The molecule has 146 valence electrons. The van der Waals surface area contributed by atoms with Gasteiger partial charge in [0.25, 0.3) is 0 Å². The lowest BCUT2D eigenvalue weighted by Gasteiger charge is -2.35. The third kappa shape index (κ3) is 3.25. The van der Waals surface area contributed by atoms with Crippen LogP contribution in [-0.2, 0) is 9.59 Å². The molecule has 2 aromatic rings. The van der Waals surface area contributed by atoms with E-state index in [0.29, 0.717) is 0 Å². The highest BCUT2D eigenvalue weighted by Gasteiger charge is 2.50. The Kier molecular flexibility index (Phi) is 4.82. The predicted molar refractivity (Wildman–Crippen MR) is 100 cm³/mol. The average molecular weight is 386 g/mol. The van der Waals surface area contributed by atoms with Crippen molar-refractivity contribution in [3.05, 3.63) is 60.2 Å². The molecule has 4 atom stereocenters. The van der Waals surface area contributed by atoms with E-state index in [2.05, 4.69) is 16.1 Å². The van der Waals surface area contributed by atoms with Crippen LogP contribution in [0, 0.1) is 23.5 Å². The Morgan fingerprint density at radius 2 is 1.89 bits per heavy atom. The summed E-state index contributed by atoms with van der Waals surface area (Å²) in [6.45, 7) is 2.06. The molecule has 0 radical (unpaired) electrons. The van der Waals surface area contributed by atoms with Gasteiger partial charge in [-0.2, -0.15) is 0 Å². The second kappa shape index (κ2) is 7.29. The summed E-state index contributed by atoms with van der Waals surface area (Å²) < 4.78 is 26.4. The van der Waals surface area contributed by atoms with Crippen LogP contribution in [0.3, 0.4) is 0 Å². The van der Waals surface area contributed by atoms with Crippen LogP contribution in [0.5, 0.6) is 0 Å². The van der Waals surface area contributed by atoms with E-state index in [4.69, 9.17) is 0 Å². The number of carbonyl (C=O) groups excluding carboxylic acids is 2. The van der Waals surface area contributed by atoms with E-state index in [-0.39, 0.29) is 30.2 Å². The van der Waals surface area contributed by atoms with Crippen LogP contribution >= 0.6 is 0 Å². The smallest absolute Gasteiger partial charge is 0.236 e. The van der Waals surface area contributed by atoms with E-state index in [1.807, 2.05) is 42.3 Å². The summed E-state index contributed by atoms with van der Waals surface area (Å²) in [5, 5.41) is 7.70. The topological polar surface area (TPSA) is 73.5 Å². The average Bonchev–Trinajstić information content (AvgIpc) is 3.03. The summed E-state index contributed by atoms with van der Waals surface area (Å²) in [7, 11) is 0. The van der Waals surface area contributed by atoms with Crippen molar-refractivity contribution >= 4 is 23.1 Å². The lowest BCUT2D eigenvalue weighted by Crippen LogP contribution is -2.58. The number of nitrogens with one attached hydrogen (secondary N) is 3. The largest absolute Gasteiger partial charge is 0.325 e. The molecule has 0 spiro atoms. The standard InChI is InChI=1S/C20H20F2N4O2/c1-11-17-18(27)14(20(28)24-12-7-8-15(21)16(22)9-12)10-23-19(17)26(25-11)13-5-3-2-4-6-13/h2-9,11,14,17,19,23,25H,10H2,1H3,(H,24,28). The molecular weight excluding hydrogens is 366 g/mol. The van der Waals surface area contributed by atoms with Gasteiger partial charge in [-0.1, -0.05) is 18.2 Å². The van der Waals surface area contributed by atoms with E-state index in [1.165, 1.54) is 6.07 Å². The van der Waals surface area contributed by atoms with Gasteiger partial charge in [0.1, 0.15) is 12.1 Å². The zero-order valence-corrected chi connectivity index (χ0v) is 15.2. The Hall–Kier alpha value is -2.84. The van der Waals surface area contributed by atoms with E-state index in [0.717, 1.165) is 17.8 Å². The van der Waals surface area contributed by atoms with E-state index in [9.17, 15) is 18.4 Å². The number of rotatable bonds is 3. The maximum absolute atomic E-state index is 13.4. The fraction of sp³-hybridized carbons (Fsp3) is 0.300. The number of benzene rings is 2. The van der Waals surface area contributed by atoms with Crippen LogP contribution in [0.15, 0.2) is 48.5 Å². The van der Waals surface area contributed by atoms with Crippen molar-refractivity contribution in [1.29, 1.82) is 0 Å². The minimum Gasteiger partial charge on any atom is -0.325 e. The van der Waals surface area contributed by atoms with Crippen molar-refractivity contribution < 1.29 is 18.4 Å². The third-order valence-corrected chi connectivity index (χ3v) is 5.24. The molecule has 2 heterocycles. The Morgan fingerprint density at radius 3 is 2.61 bits per heavy atom. The molecule has 2 aliphatic rings. The SMILES string of the molecule is CC1NN(c2ccccc2)C2NCC(C(=O)Nc3ccc(F)c(F)c3)C(=O)C12. The van der Waals surface area contributed by atoms with Crippen molar-refractivity contribution in [2.75, 3.05) is 16.9 Å². The van der Waals surface area contributed by atoms with Gasteiger partial charge >= 0.3 is 0 Å². The number of hydrogen-bond donors (Lipinski definition) is 3. The number of amides is 1. The highest BCUT2D eigenvalue weighted by atomic mass is 19.2. The summed E-state index contributed by atoms with van der Waals surface area (Å²) in [6, 6.07) is 12.6. The molecule has 8 heteroatoms. The summed E-state index contributed by atoms with van der Waals surface area (Å²) in [5.41, 5.74) is 4.33. The first-order valence-electron chi connectivity index (χ1n) is 9.09. The number of hydrogen-bond acceptors (Lipinski definition) is 5. The summed E-state index contributed by atoms with van der Waals surface area (Å²) in [6.07, 6.45) is -0.266. The Morgan fingerprint density at radius 1 is 1.14 bits per heavy atom. The Labute approximate surface area is 160 Å². The quantitative estimate of drug-likeness (QED) is 0.705. The van der Waals surface area contributed by atoms with Crippen LogP contribution in [0.1, 0.15) is 6.92 Å². The highest BCUT2D eigenvalue weighted by Crippen LogP contribution is 2.31. The summed E-state index contributed by atoms with van der Waals surface area (Å²) in [4.78, 5) is 25.6. The second-order valence-electron chi connectivity index (χ2n) is 7.08. The number of hydrazine groups is 1. The zero-order valence-electron chi connectivity index (χ0n) is 15.2. The zero-order chi connectivity index (χ0) is 19.8. The number of halogens is 2. The lowest BCUT2D eigenvalue weighted by atomic mass is 9.83. The molecule has 2 fully saturated rings. The molecule has 0 saturated carbocycles. The molecule has 0 aromatic heterocycles. The minimum atomic E-state index is -1.06. The molecule has 6 nitrogen and oxygen atoms in total. The number of fused-ring (bicyclic) bond motifs is 1. The van der Waals surface area contributed by atoms with E-state index >= 15 is 0 Å². The van der Waals surface area contributed by atoms with Gasteiger partial charge in [0.2, 0.25) is 5.91 Å². The second-order valence-corrected chi connectivity index (χ2v) is 7.08. The highest BCUT2D eigenvalue weighted by molar-refractivity contribution is 6.09. The molecule has 2 aliphatic heterocycles. The van der Waals surface area contributed by atoms with Crippen molar-refractivity contribution in [2.24, 2.45) is 11.8 Å². The summed E-state index contributed by atoms with van der Waals surface area (Å²) in [5.74, 6) is -4.10. The van der Waals surface area contributed by atoms with Gasteiger partial charge in [-0.05, 0) is 31.2 Å². The summed E-state index contributed by atoms with van der Waals surface area (Å²) >= 11 is 0. The number of Topliss-reactive ketones (excluding diaryl/α,β-unsaturated/α-hetero) is 1. The first-order chi connectivity index (χ1) is 13.5. The number of ketones is 1. The van der Waals surface area contributed by atoms with Gasteiger partial charge < -0.3 is 5.32 Å². The van der Waals surface area contributed by atoms with E-state index in [1.54, 1.807) is 0 Å². The van der Waals surface area contributed by atoms with Crippen molar-refractivity contribution in [1.82, 2.24) is 10.7 Å². The molecule has 2 saturated heterocycles. The molecule has 0 bridgehead atoms. The monoisotopic (exact) mass is 386 g/mol. The van der Waals surface area contributed by atoms with Gasteiger partial charge in [-0.25, -0.2) is 14.2 Å². The first kappa shape index (κ1) is 18.5. The van der Waals surface area contributed by atoms with Gasteiger partial charge in [0, 0.05) is 24.3 Å². The molecule has 0 aliphatic carbocycles. The lowest BCUT2D eigenvalue weighted by molar-refractivity contribution is -0.136. The number of carbonyl (C=O) groups is 2. The molecule has 3 N–H and O–H groups in total. The number of nitrogens with zero attached hydrogens (tertiary/aromatic N) is 1. The van der Waals surface area contributed by atoms with Crippen molar-refractivity contribution in [2.45, 2.75) is 19.1 Å². The van der Waals surface area contributed by atoms with E-state index < -0.39 is 29.4 Å². The van der Waals surface area contributed by atoms with Crippen LogP contribution < -0.4 is 21.1 Å². The fourth-order valence-electron chi connectivity index (χ4n) is 3.85. The number of para-hydroxylation sites is 1. The molecule has 4 rings (SSSR count). The third-order valence-electron chi connectivity index (χ3n) is 5.24. The van der Waals surface area contributed by atoms with Gasteiger partial charge in [0.15, 0.2) is 17.4 Å². The van der Waals surface area contributed by atoms with Gasteiger partial charge in [0.05, 0.1) is 11.6 Å². The molecule has 1 amide bonds. The van der Waals surface area contributed by atoms with Crippen molar-refractivity contribution in [3.8, 4) is 0 Å². The van der Waals surface area contributed by atoms with Gasteiger partial charge in [-0.15, -0.1) is 0 Å². The number of piperidine rings is 1. The molecule has 28 heavy (non-hydrogen) atoms. The van der Waals surface area contributed by atoms with Crippen molar-refractivity contribution in [3.63, 3.8) is 0 Å². The maximum atomic E-state index is 13.4. The first-order valence-corrected chi connectivity index (χ1v) is 9.09. The Bertz CT molecular complexity index is 908. The fourth-order valence-corrected chi connectivity index (χ4v) is 3.85. The number of anilines is 2. The Balaban J connectivity index is 1.50. The molecule has 2 aromatic carbocycles. The maximum Gasteiger partial charge on any atom is 0.236 e. The molecule has 4 unspecified atom stereocenters. The van der Waals surface area contributed by atoms with Crippen LogP contribution in [0.4, 0.5) is 20.2 Å². The normalized spacial score (nSPS) is 26.8. The van der Waals surface area contributed by atoms with Gasteiger partial charge in [-0.3, -0.25) is 19.9 Å². The molecular formula is C20H20F2N4O2. The van der Waals surface area contributed by atoms with Crippen LogP contribution in [0.2, 0.25) is 0 Å². The minimum absolute atomic E-state index is 0.113.